The Bertz CT molecular complexity index is 1020. The van der Waals surface area contributed by atoms with Crippen LogP contribution in [0.15, 0.2) is 54.1 Å². The summed E-state index contributed by atoms with van der Waals surface area (Å²) in [5, 5.41) is 4.06. The van der Waals surface area contributed by atoms with E-state index in [1.807, 2.05) is 12.1 Å². The zero-order valence-electron chi connectivity index (χ0n) is 14.2. The fraction of sp³-hybridized carbons (Fsp3) is 0.278. The van der Waals surface area contributed by atoms with Gasteiger partial charge in [0.2, 0.25) is 10.0 Å². The van der Waals surface area contributed by atoms with Gasteiger partial charge in [-0.3, -0.25) is 0 Å². The Hall–Kier alpha value is -2.58. The highest BCUT2D eigenvalue weighted by molar-refractivity contribution is 7.89. The lowest BCUT2D eigenvalue weighted by Crippen LogP contribution is -2.24. The first-order chi connectivity index (χ1) is 12.6. The molecule has 0 unspecified atom stereocenters. The van der Waals surface area contributed by atoms with Gasteiger partial charge < -0.3 is 0 Å². The Morgan fingerprint density at radius 2 is 1.96 bits per heavy atom. The second kappa shape index (κ2) is 6.97. The maximum absolute atomic E-state index is 12.7. The molecule has 0 bridgehead atoms. The first-order valence-corrected chi connectivity index (χ1v) is 10.0. The lowest BCUT2D eigenvalue weighted by Gasteiger charge is -2.17. The van der Waals surface area contributed by atoms with Gasteiger partial charge in [0, 0.05) is 18.3 Å². The van der Waals surface area contributed by atoms with E-state index < -0.39 is 10.0 Å². The van der Waals surface area contributed by atoms with Crippen molar-refractivity contribution >= 4 is 10.0 Å². The third-order valence-corrected chi connectivity index (χ3v) is 5.99. The summed E-state index contributed by atoms with van der Waals surface area (Å²) in [5.74, 6) is 0.554. The number of hydrogen-bond donors (Lipinski definition) is 1. The quantitative estimate of drug-likeness (QED) is 0.743. The van der Waals surface area contributed by atoms with Crippen LogP contribution in [-0.4, -0.2) is 28.2 Å². The molecule has 0 aliphatic heterocycles. The molecule has 1 aliphatic rings. The molecule has 0 fully saturated rings. The van der Waals surface area contributed by atoms with E-state index in [1.165, 1.54) is 29.3 Å². The summed E-state index contributed by atoms with van der Waals surface area (Å²) in [6, 6.07) is 9.02. The van der Waals surface area contributed by atoms with E-state index in [-0.39, 0.29) is 6.54 Å². The van der Waals surface area contributed by atoms with Gasteiger partial charge in [0.15, 0.2) is 5.82 Å². The molecule has 1 aromatic carbocycles. The normalized spacial score (nSPS) is 14.2. The van der Waals surface area contributed by atoms with Gasteiger partial charge >= 0.3 is 0 Å². The van der Waals surface area contributed by atoms with Crippen LogP contribution < -0.4 is 4.72 Å². The van der Waals surface area contributed by atoms with Crippen LogP contribution in [0.4, 0.5) is 0 Å². The minimum atomic E-state index is -3.60. The number of aromatic nitrogens is 4. The summed E-state index contributed by atoms with van der Waals surface area (Å²) >= 11 is 0. The summed E-state index contributed by atoms with van der Waals surface area (Å²) in [5.41, 5.74) is 3.12. The first-order valence-electron chi connectivity index (χ1n) is 8.54. The van der Waals surface area contributed by atoms with Crippen LogP contribution in [-0.2, 0) is 29.4 Å². The Labute approximate surface area is 152 Å². The second-order valence-electron chi connectivity index (χ2n) is 6.29. The summed E-state index contributed by atoms with van der Waals surface area (Å²) in [6.45, 7) is 0.127. The Morgan fingerprint density at radius 1 is 1.12 bits per heavy atom. The number of rotatable bonds is 5. The maximum atomic E-state index is 12.7. The lowest BCUT2D eigenvalue weighted by molar-refractivity contribution is 0.580. The highest BCUT2D eigenvalue weighted by Crippen LogP contribution is 2.24. The Kier molecular flexibility index (Phi) is 4.52. The van der Waals surface area contributed by atoms with Crippen LogP contribution in [0, 0.1) is 0 Å². The van der Waals surface area contributed by atoms with Gasteiger partial charge in [-0.1, -0.05) is 12.1 Å². The molecule has 8 heteroatoms. The maximum Gasteiger partial charge on any atom is 0.240 e. The summed E-state index contributed by atoms with van der Waals surface area (Å²) < 4.78 is 29.6. The van der Waals surface area contributed by atoms with E-state index in [1.54, 1.807) is 24.4 Å². The van der Waals surface area contributed by atoms with Gasteiger partial charge in [0.1, 0.15) is 12.7 Å². The van der Waals surface area contributed by atoms with Crippen LogP contribution >= 0.6 is 0 Å². The fourth-order valence-corrected chi connectivity index (χ4v) is 4.28. The van der Waals surface area contributed by atoms with Crippen molar-refractivity contribution in [3.8, 4) is 5.82 Å². The van der Waals surface area contributed by atoms with Crippen molar-refractivity contribution in [1.82, 2.24) is 24.5 Å². The van der Waals surface area contributed by atoms with Crippen molar-refractivity contribution in [3.05, 3.63) is 65.9 Å². The predicted molar refractivity (Wildman–Crippen MR) is 96.3 cm³/mol. The van der Waals surface area contributed by atoms with Crippen LogP contribution in [0.2, 0.25) is 0 Å². The van der Waals surface area contributed by atoms with Gasteiger partial charge in [0.05, 0.1) is 4.90 Å². The number of hydrogen-bond acceptors (Lipinski definition) is 5. The van der Waals surface area contributed by atoms with E-state index >= 15 is 0 Å². The molecule has 0 atom stereocenters. The van der Waals surface area contributed by atoms with E-state index in [2.05, 4.69) is 19.8 Å². The van der Waals surface area contributed by atoms with Gasteiger partial charge in [-0.2, -0.15) is 5.10 Å². The standard InChI is InChI=1S/C18H19N5O2S/c24-26(25,17-8-7-14-4-1-2-5-15(14)10-17)22-11-16-6-3-9-20-18(16)23-13-19-12-21-23/h3,6-10,12-13,22H,1-2,4-5,11H2. The summed E-state index contributed by atoms with van der Waals surface area (Å²) in [4.78, 5) is 8.50. The minimum absolute atomic E-state index is 0.127. The molecular formula is C18H19N5O2S. The van der Waals surface area contributed by atoms with E-state index in [4.69, 9.17) is 0 Å². The molecule has 4 rings (SSSR count). The predicted octanol–water partition coefficient (Wildman–Crippen LogP) is 2.02. The van der Waals surface area contributed by atoms with Crippen molar-refractivity contribution in [2.24, 2.45) is 0 Å². The van der Waals surface area contributed by atoms with E-state index in [9.17, 15) is 8.42 Å². The average molecular weight is 369 g/mol. The van der Waals surface area contributed by atoms with E-state index in [0.717, 1.165) is 30.4 Å². The molecule has 3 aromatic rings. The zero-order valence-corrected chi connectivity index (χ0v) is 15.0. The number of nitrogens with one attached hydrogen (secondary N) is 1. The van der Waals surface area contributed by atoms with Crippen molar-refractivity contribution in [1.29, 1.82) is 0 Å². The highest BCUT2D eigenvalue weighted by Gasteiger charge is 2.18. The highest BCUT2D eigenvalue weighted by atomic mass is 32.2. The molecule has 26 heavy (non-hydrogen) atoms. The number of pyridine rings is 1. The minimum Gasteiger partial charge on any atom is -0.237 e. The number of nitrogens with zero attached hydrogens (tertiary/aromatic N) is 4. The molecule has 2 aromatic heterocycles. The van der Waals surface area contributed by atoms with Gasteiger partial charge in [-0.05, 0) is 55.0 Å². The third-order valence-electron chi connectivity index (χ3n) is 4.59. The monoisotopic (exact) mass is 369 g/mol. The summed E-state index contributed by atoms with van der Waals surface area (Å²) in [6.07, 6.45) is 8.83. The van der Waals surface area contributed by atoms with Crippen molar-refractivity contribution in [2.75, 3.05) is 0 Å². The Morgan fingerprint density at radius 3 is 2.77 bits per heavy atom. The van der Waals surface area contributed by atoms with Gasteiger partial charge in [-0.15, -0.1) is 0 Å². The largest absolute Gasteiger partial charge is 0.240 e. The molecule has 0 saturated carbocycles. The first kappa shape index (κ1) is 16.9. The molecule has 7 nitrogen and oxygen atoms in total. The molecule has 1 N–H and O–H groups in total. The molecule has 1 aliphatic carbocycles. The number of sulfonamides is 1. The third kappa shape index (κ3) is 3.38. The zero-order chi connectivity index (χ0) is 18.0. The van der Waals surface area contributed by atoms with Crippen LogP contribution in [0.1, 0.15) is 29.5 Å². The van der Waals surface area contributed by atoms with Crippen LogP contribution in [0.3, 0.4) is 0 Å². The summed E-state index contributed by atoms with van der Waals surface area (Å²) in [7, 11) is -3.60. The van der Waals surface area contributed by atoms with Crippen molar-refractivity contribution < 1.29 is 8.42 Å². The number of fused-ring (bicyclic) bond motifs is 1. The fourth-order valence-electron chi connectivity index (χ4n) is 3.23. The van der Waals surface area contributed by atoms with Crippen LogP contribution in [0.5, 0.6) is 0 Å². The van der Waals surface area contributed by atoms with Crippen molar-refractivity contribution in [3.63, 3.8) is 0 Å². The molecular weight excluding hydrogens is 350 g/mol. The number of aryl methyl sites for hydroxylation is 2. The SMILES string of the molecule is O=S(=O)(NCc1cccnc1-n1cncn1)c1ccc2c(c1)CCCC2. The molecule has 0 radical (unpaired) electrons. The Balaban J connectivity index is 1.56. The average Bonchev–Trinajstić information content (AvgIpc) is 3.21. The number of benzene rings is 1. The van der Waals surface area contributed by atoms with Gasteiger partial charge in [-0.25, -0.2) is 27.8 Å². The molecule has 2 heterocycles. The van der Waals surface area contributed by atoms with Gasteiger partial charge in [0.25, 0.3) is 0 Å². The van der Waals surface area contributed by atoms with Crippen molar-refractivity contribution in [2.45, 2.75) is 37.1 Å². The second-order valence-corrected chi connectivity index (χ2v) is 8.06. The molecule has 0 saturated heterocycles. The smallest absolute Gasteiger partial charge is 0.237 e. The molecule has 134 valence electrons. The van der Waals surface area contributed by atoms with E-state index in [0.29, 0.717) is 10.7 Å². The molecule has 0 amide bonds. The van der Waals surface area contributed by atoms with Crippen LogP contribution in [0.25, 0.3) is 5.82 Å². The lowest BCUT2D eigenvalue weighted by atomic mass is 9.92. The molecule has 0 spiro atoms. The topological polar surface area (TPSA) is 89.8 Å².